The molecule has 0 spiro atoms. The van der Waals surface area contributed by atoms with Crippen molar-refractivity contribution in [3.8, 4) is 0 Å². The van der Waals surface area contributed by atoms with Crippen LogP contribution >= 0.6 is 27.3 Å². The lowest BCUT2D eigenvalue weighted by Gasteiger charge is -2.19. The number of halogens is 1. The van der Waals surface area contributed by atoms with E-state index in [9.17, 15) is 9.59 Å². The van der Waals surface area contributed by atoms with Gasteiger partial charge in [-0.2, -0.15) is 0 Å². The minimum atomic E-state index is -0.523. The molecule has 0 aliphatic carbocycles. The van der Waals surface area contributed by atoms with Gasteiger partial charge in [-0.05, 0) is 54.9 Å². The number of hydrogen-bond acceptors (Lipinski definition) is 4. The molecule has 21 heavy (non-hydrogen) atoms. The summed E-state index contributed by atoms with van der Waals surface area (Å²) in [6.07, 6.45) is 2.72. The van der Waals surface area contributed by atoms with Crippen LogP contribution in [0.15, 0.2) is 22.0 Å². The Morgan fingerprint density at radius 1 is 1.29 bits per heavy atom. The smallest absolute Gasteiger partial charge is 0.407 e. The highest BCUT2D eigenvalue weighted by atomic mass is 79.9. The number of nitrogens with one attached hydrogen (secondary N) is 2. The van der Waals surface area contributed by atoms with Gasteiger partial charge in [0.05, 0.1) is 3.79 Å². The maximum Gasteiger partial charge on any atom is 0.407 e. The lowest BCUT2D eigenvalue weighted by Crippen LogP contribution is -2.37. The molecule has 1 aromatic heterocycles. The Kier molecular flexibility index (Phi) is 6.91. The fourth-order valence-corrected chi connectivity index (χ4v) is 2.63. The zero-order chi connectivity index (χ0) is 15.9. The molecule has 116 valence electrons. The summed E-state index contributed by atoms with van der Waals surface area (Å²) in [6.45, 7) is 6.04. The number of hydrogen-bond donors (Lipinski definition) is 2. The molecule has 1 heterocycles. The van der Waals surface area contributed by atoms with Crippen LogP contribution in [-0.4, -0.2) is 30.7 Å². The number of rotatable bonds is 5. The maximum absolute atomic E-state index is 11.5. The van der Waals surface area contributed by atoms with E-state index in [0.717, 1.165) is 8.66 Å². The molecule has 0 saturated carbocycles. The van der Waals surface area contributed by atoms with Gasteiger partial charge in [-0.25, -0.2) is 4.79 Å². The largest absolute Gasteiger partial charge is 0.444 e. The van der Waals surface area contributed by atoms with Gasteiger partial charge >= 0.3 is 6.09 Å². The summed E-state index contributed by atoms with van der Waals surface area (Å²) in [7, 11) is 0. The normalized spacial score (nSPS) is 11.4. The van der Waals surface area contributed by atoms with Crippen molar-refractivity contribution in [3.63, 3.8) is 0 Å². The first-order chi connectivity index (χ1) is 9.76. The van der Waals surface area contributed by atoms with Gasteiger partial charge in [-0.1, -0.05) is 0 Å². The Bertz CT molecular complexity index is 521. The third-order valence-electron chi connectivity index (χ3n) is 2.09. The summed E-state index contributed by atoms with van der Waals surface area (Å²) in [5, 5.41) is 5.24. The minimum absolute atomic E-state index is 0.203. The summed E-state index contributed by atoms with van der Waals surface area (Å²) >= 11 is 4.90. The molecule has 1 aromatic rings. The van der Waals surface area contributed by atoms with E-state index in [1.54, 1.807) is 38.2 Å². The van der Waals surface area contributed by atoms with Gasteiger partial charge < -0.3 is 15.4 Å². The number of ether oxygens (including phenoxy) is 1. The van der Waals surface area contributed by atoms with Crippen LogP contribution in [0, 0.1) is 0 Å². The minimum Gasteiger partial charge on any atom is -0.444 e. The number of alkyl carbamates (subject to hydrolysis) is 1. The quantitative estimate of drug-likeness (QED) is 0.614. The van der Waals surface area contributed by atoms with E-state index >= 15 is 0 Å². The van der Waals surface area contributed by atoms with Gasteiger partial charge in [0.15, 0.2) is 0 Å². The molecule has 0 aromatic carbocycles. The molecule has 7 heteroatoms. The van der Waals surface area contributed by atoms with Crippen LogP contribution in [0.4, 0.5) is 4.79 Å². The van der Waals surface area contributed by atoms with E-state index in [0.29, 0.717) is 13.1 Å². The van der Waals surface area contributed by atoms with E-state index in [1.165, 1.54) is 6.08 Å². The second kappa shape index (κ2) is 8.19. The first kappa shape index (κ1) is 17.7. The SMILES string of the molecule is CC(C)(C)OC(=O)NCCNC(=O)/C=C/c1ccc(Br)s1. The lowest BCUT2D eigenvalue weighted by atomic mass is 10.2. The predicted molar refractivity (Wildman–Crippen MR) is 88.3 cm³/mol. The third-order valence-corrected chi connectivity index (χ3v) is 3.67. The van der Waals surface area contributed by atoms with Crippen LogP contribution in [0.2, 0.25) is 0 Å². The summed E-state index contributed by atoms with van der Waals surface area (Å²) in [5.41, 5.74) is -0.523. The molecule has 0 bridgehead atoms. The van der Waals surface area contributed by atoms with Crippen molar-refractivity contribution in [2.45, 2.75) is 26.4 Å². The Hall–Kier alpha value is -1.34. The summed E-state index contributed by atoms with van der Waals surface area (Å²) < 4.78 is 6.09. The van der Waals surface area contributed by atoms with E-state index < -0.39 is 11.7 Å². The average molecular weight is 375 g/mol. The van der Waals surface area contributed by atoms with Gasteiger partial charge in [-0.3, -0.25) is 4.79 Å². The number of carbonyl (C=O) groups is 2. The monoisotopic (exact) mass is 374 g/mol. The fraction of sp³-hybridized carbons (Fsp3) is 0.429. The van der Waals surface area contributed by atoms with Gasteiger partial charge in [0.1, 0.15) is 5.60 Å². The van der Waals surface area contributed by atoms with Crippen molar-refractivity contribution in [1.29, 1.82) is 0 Å². The zero-order valence-electron chi connectivity index (χ0n) is 12.2. The average Bonchev–Trinajstić information content (AvgIpc) is 2.76. The van der Waals surface area contributed by atoms with Gasteiger partial charge in [0.2, 0.25) is 5.91 Å². The van der Waals surface area contributed by atoms with E-state index in [1.807, 2.05) is 12.1 Å². The first-order valence-corrected chi connectivity index (χ1v) is 8.05. The molecule has 0 fully saturated rings. The van der Waals surface area contributed by atoms with Crippen LogP contribution in [0.5, 0.6) is 0 Å². The number of thiophene rings is 1. The Labute approximate surface area is 136 Å². The predicted octanol–water partition coefficient (Wildman–Crippen LogP) is 3.16. The standard InChI is InChI=1S/C14H19BrN2O3S/c1-14(2,3)20-13(19)17-9-8-16-12(18)7-5-10-4-6-11(15)21-10/h4-7H,8-9H2,1-3H3,(H,16,18)(H,17,19)/b7-5+. The highest BCUT2D eigenvalue weighted by Gasteiger charge is 2.15. The highest BCUT2D eigenvalue weighted by Crippen LogP contribution is 2.22. The summed E-state index contributed by atoms with van der Waals surface area (Å²) in [4.78, 5) is 23.9. The molecule has 2 amide bonds. The molecule has 0 aliphatic heterocycles. The van der Waals surface area contributed by atoms with Crippen molar-refractivity contribution in [2.24, 2.45) is 0 Å². The molecule has 0 saturated heterocycles. The van der Waals surface area contributed by atoms with Gasteiger partial charge in [0.25, 0.3) is 0 Å². The first-order valence-electron chi connectivity index (χ1n) is 6.44. The molecule has 1 rings (SSSR count). The number of carbonyl (C=O) groups excluding carboxylic acids is 2. The molecule has 0 unspecified atom stereocenters. The highest BCUT2D eigenvalue weighted by molar-refractivity contribution is 9.11. The molecular weight excluding hydrogens is 356 g/mol. The molecule has 0 aliphatic rings. The second-order valence-corrected chi connectivity index (χ2v) is 7.69. The Morgan fingerprint density at radius 2 is 1.95 bits per heavy atom. The number of amides is 2. The molecule has 0 atom stereocenters. The Balaban J connectivity index is 2.19. The lowest BCUT2D eigenvalue weighted by molar-refractivity contribution is -0.116. The molecule has 2 N–H and O–H groups in total. The van der Waals surface area contributed by atoms with Crippen LogP contribution in [0.1, 0.15) is 25.6 Å². The second-order valence-electron chi connectivity index (χ2n) is 5.19. The van der Waals surface area contributed by atoms with Gasteiger partial charge in [0, 0.05) is 24.0 Å². The van der Waals surface area contributed by atoms with E-state index in [2.05, 4.69) is 26.6 Å². The van der Waals surface area contributed by atoms with Crippen molar-refractivity contribution < 1.29 is 14.3 Å². The van der Waals surface area contributed by atoms with Crippen molar-refractivity contribution >= 4 is 45.3 Å². The topological polar surface area (TPSA) is 67.4 Å². The van der Waals surface area contributed by atoms with Crippen LogP contribution in [0.3, 0.4) is 0 Å². The van der Waals surface area contributed by atoms with Crippen LogP contribution in [0.25, 0.3) is 6.08 Å². The third kappa shape index (κ3) is 8.52. The van der Waals surface area contributed by atoms with E-state index in [-0.39, 0.29) is 5.91 Å². The maximum atomic E-state index is 11.5. The van der Waals surface area contributed by atoms with Crippen LogP contribution in [-0.2, 0) is 9.53 Å². The molecular formula is C14H19BrN2O3S. The van der Waals surface area contributed by atoms with Gasteiger partial charge in [-0.15, -0.1) is 11.3 Å². The Morgan fingerprint density at radius 3 is 2.52 bits per heavy atom. The van der Waals surface area contributed by atoms with E-state index in [4.69, 9.17) is 4.74 Å². The fourth-order valence-electron chi connectivity index (χ4n) is 1.30. The van der Waals surface area contributed by atoms with Crippen molar-refractivity contribution in [1.82, 2.24) is 10.6 Å². The summed E-state index contributed by atoms with van der Waals surface area (Å²) in [6, 6.07) is 3.84. The van der Waals surface area contributed by atoms with Crippen molar-refractivity contribution in [3.05, 3.63) is 26.9 Å². The molecule has 5 nitrogen and oxygen atoms in total. The zero-order valence-corrected chi connectivity index (χ0v) is 14.6. The van der Waals surface area contributed by atoms with Crippen LogP contribution < -0.4 is 10.6 Å². The summed E-state index contributed by atoms with van der Waals surface area (Å²) in [5.74, 6) is -0.203. The molecule has 0 radical (unpaired) electrons. The van der Waals surface area contributed by atoms with Crippen molar-refractivity contribution in [2.75, 3.05) is 13.1 Å².